The maximum absolute atomic E-state index is 12.7. The SMILES string of the molecule is COc1cnn(CCN(C)C)c1C(=O)CC1(OC)CCC1. The van der Waals surface area contributed by atoms with Crippen LogP contribution < -0.4 is 4.74 Å². The summed E-state index contributed by atoms with van der Waals surface area (Å²) in [6.45, 7) is 1.48. The van der Waals surface area contributed by atoms with Crippen LogP contribution in [0.3, 0.4) is 0 Å². The first-order valence-electron chi connectivity index (χ1n) is 7.34. The quantitative estimate of drug-likeness (QED) is 0.682. The van der Waals surface area contributed by atoms with Crippen molar-refractivity contribution in [1.29, 1.82) is 0 Å². The van der Waals surface area contributed by atoms with Crippen molar-refractivity contribution >= 4 is 5.78 Å². The van der Waals surface area contributed by atoms with Crippen molar-refractivity contribution in [1.82, 2.24) is 14.7 Å². The van der Waals surface area contributed by atoms with Gasteiger partial charge in [0.2, 0.25) is 0 Å². The molecule has 0 amide bonds. The van der Waals surface area contributed by atoms with Crippen LogP contribution in [0.25, 0.3) is 0 Å². The Morgan fingerprint density at radius 2 is 2.14 bits per heavy atom. The maximum Gasteiger partial charge on any atom is 0.187 e. The van der Waals surface area contributed by atoms with Crippen LogP contribution in [0, 0.1) is 0 Å². The van der Waals surface area contributed by atoms with Gasteiger partial charge in [0.25, 0.3) is 0 Å². The van der Waals surface area contributed by atoms with E-state index in [1.807, 2.05) is 14.1 Å². The van der Waals surface area contributed by atoms with Crippen LogP contribution in [0.5, 0.6) is 5.75 Å². The van der Waals surface area contributed by atoms with Gasteiger partial charge < -0.3 is 14.4 Å². The lowest BCUT2D eigenvalue weighted by atomic mass is 9.76. The van der Waals surface area contributed by atoms with Crippen molar-refractivity contribution in [2.45, 2.75) is 37.8 Å². The van der Waals surface area contributed by atoms with Crippen LogP contribution in [-0.4, -0.2) is 60.9 Å². The van der Waals surface area contributed by atoms with Crippen molar-refractivity contribution in [2.24, 2.45) is 0 Å². The number of aromatic nitrogens is 2. The number of ketones is 1. The van der Waals surface area contributed by atoms with E-state index in [2.05, 4.69) is 10.00 Å². The molecule has 1 aliphatic rings. The number of nitrogens with zero attached hydrogens (tertiary/aromatic N) is 3. The molecule has 0 spiro atoms. The van der Waals surface area contributed by atoms with Crippen LogP contribution in [-0.2, 0) is 11.3 Å². The molecule has 1 saturated carbocycles. The second-order valence-electron chi connectivity index (χ2n) is 5.93. The molecule has 6 heteroatoms. The van der Waals surface area contributed by atoms with Crippen molar-refractivity contribution in [3.05, 3.63) is 11.9 Å². The third kappa shape index (κ3) is 3.44. The molecule has 1 fully saturated rings. The van der Waals surface area contributed by atoms with Gasteiger partial charge in [0.05, 0.1) is 25.5 Å². The Balaban J connectivity index is 2.16. The number of rotatable bonds is 8. The molecule has 0 atom stereocenters. The summed E-state index contributed by atoms with van der Waals surface area (Å²) in [6.07, 6.45) is 5.03. The standard InChI is InChI=1S/C15H25N3O3/c1-17(2)8-9-18-14(13(20-3)11-16-18)12(19)10-15(21-4)6-5-7-15/h11H,5-10H2,1-4H3. The second-order valence-corrected chi connectivity index (χ2v) is 5.93. The van der Waals surface area contributed by atoms with Crippen LogP contribution >= 0.6 is 0 Å². The summed E-state index contributed by atoms with van der Waals surface area (Å²) in [5.41, 5.74) is 0.279. The van der Waals surface area contributed by atoms with Crippen molar-refractivity contribution in [3.63, 3.8) is 0 Å². The largest absolute Gasteiger partial charge is 0.493 e. The highest BCUT2D eigenvalue weighted by atomic mass is 16.5. The Labute approximate surface area is 126 Å². The van der Waals surface area contributed by atoms with Gasteiger partial charge in [0, 0.05) is 20.1 Å². The summed E-state index contributed by atoms with van der Waals surface area (Å²) in [5.74, 6) is 0.592. The summed E-state index contributed by atoms with van der Waals surface area (Å²) < 4.78 is 12.6. The predicted molar refractivity (Wildman–Crippen MR) is 79.9 cm³/mol. The molecule has 0 saturated heterocycles. The molecule has 1 heterocycles. The fourth-order valence-corrected chi connectivity index (χ4v) is 2.66. The predicted octanol–water partition coefficient (Wildman–Crippen LogP) is 1.60. The smallest absolute Gasteiger partial charge is 0.187 e. The number of hydrogen-bond acceptors (Lipinski definition) is 5. The number of ether oxygens (including phenoxy) is 2. The zero-order chi connectivity index (χ0) is 15.5. The molecule has 21 heavy (non-hydrogen) atoms. The first-order chi connectivity index (χ1) is 10.0. The molecular weight excluding hydrogens is 270 g/mol. The summed E-state index contributed by atoms with van der Waals surface area (Å²) in [5, 5.41) is 4.28. The highest BCUT2D eigenvalue weighted by molar-refractivity contribution is 5.97. The van der Waals surface area contributed by atoms with Gasteiger partial charge in [-0.15, -0.1) is 0 Å². The van der Waals surface area contributed by atoms with Crippen LogP contribution in [0.2, 0.25) is 0 Å². The van der Waals surface area contributed by atoms with Crippen molar-refractivity contribution in [3.8, 4) is 5.75 Å². The maximum atomic E-state index is 12.7. The molecule has 2 rings (SSSR count). The van der Waals surface area contributed by atoms with Crippen LogP contribution in [0.15, 0.2) is 6.20 Å². The highest BCUT2D eigenvalue weighted by Gasteiger charge is 2.40. The highest BCUT2D eigenvalue weighted by Crippen LogP contribution is 2.39. The van der Waals surface area contributed by atoms with E-state index in [-0.39, 0.29) is 11.4 Å². The first kappa shape index (κ1) is 16.0. The zero-order valence-electron chi connectivity index (χ0n) is 13.4. The number of hydrogen-bond donors (Lipinski definition) is 0. The molecule has 0 aliphatic heterocycles. The number of methoxy groups -OCH3 is 2. The molecule has 0 N–H and O–H groups in total. The average molecular weight is 295 g/mol. The van der Waals surface area contributed by atoms with Gasteiger partial charge in [-0.2, -0.15) is 5.10 Å². The lowest BCUT2D eigenvalue weighted by Crippen LogP contribution is -2.41. The lowest BCUT2D eigenvalue weighted by Gasteiger charge is -2.40. The van der Waals surface area contributed by atoms with Gasteiger partial charge in [-0.3, -0.25) is 9.48 Å². The topological polar surface area (TPSA) is 56.6 Å². The fraction of sp³-hybridized carbons (Fsp3) is 0.733. The molecule has 6 nitrogen and oxygen atoms in total. The van der Waals surface area contributed by atoms with Gasteiger partial charge in [0.1, 0.15) is 5.69 Å². The third-order valence-electron chi connectivity index (χ3n) is 4.23. The van der Waals surface area contributed by atoms with E-state index in [1.165, 1.54) is 0 Å². The van der Waals surface area contributed by atoms with E-state index in [0.717, 1.165) is 25.8 Å². The molecule has 0 radical (unpaired) electrons. The van der Waals surface area contributed by atoms with E-state index < -0.39 is 0 Å². The molecule has 1 aromatic rings. The first-order valence-corrected chi connectivity index (χ1v) is 7.34. The fourth-order valence-electron chi connectivity index (χ4n) is 2.66. The Kier molecular flexibility index (Phi) is 5.00. The summed E-state index contributed by atoms with van der Waals surface area (Å²) in [4.78, 5) is 14.7. The number of carbonyl (C=O) groups is 1. The van der Waals surface area contributed by atoms with Crippen molar-refractivity contribution < 1.29 is 14.3 Å². The molecule has 118 valence electrons. The number of Topliss-reactive ketones (excluding diaryl/α,β-unsaturated/α-hetero) is 1. The molecule has 1 aliphatic carbocycles. The van der Waals surface area contributed by atoms with Crippen LogP contribution in [0.4, 0.5) is 0 Å². The zero-order valence-corrected chi connectivity index (χ0v) is 13.4. The normalized spacial score (nSPS) is 16.8. The summed E-state index contributed by atoms with van der Waals surface area (Å²) in [6, 6.07) is 0. The van der Waals surface area contributed by atoms with Gasteiger partial charge in [-0.25, -0.2) is 0 Å². The summed E-state index contributed by atoms with van der Waals surface area (Å²) >= 11 is 0. The average Bonchev–Trinajstić information content (AvgIpc) is 2.83. The minimum absolute atomic E-state index is 0.0460. The van der Waals surface area contributed by atoms with Gasteiger partial charge in [-0.05, 0) is 33.4 Å². The molecule has 1 aromatic heterocycles. The number of carbonyl (C=O) groups excluding carboxylic acids is 1. The Bertz CT molecular complexity index is 487. The van der Waals surface area contributed by atoms with E-state index in [9.17, 15) is 4.79 Å². The Morgan fingerprint density at radius 3 is 2.62 bits per heavy atom. The van der Waals surface area contributed by atoms with Gasteiger partial charge >= 0.3 is 0 Å². The molecule has 0 bridgehead atoms. The van der Waals surface area contributed by atoms with Crippen LogP contribution in [0.1, 0.15) is 36.2 Å². The Morgan fingerprint density at radius 1 is 1.43 bits per heavy atom. The molecular formula is C15H25N3O3. The molecule has 0 aromatic carbocycles. The van der Waals surface area contributed by atoms with E-state index in [1.54, 1.807) is 25.1 Å². The second kappa shape index (κ2) is 6.58. The Hall–Kier alpha value is -1.40. The monoisotopic (exact) mass is 295 g/mol. The third-order valence-corrected chi connectivity index (χ3v) is 4.23. The van der Waals surface area contributed by atoms with E-state index >= 15 is 0 Å². The minimum atomic E-state index is -0.279. The molecule has 0 unspecified atom stereocenters. The van der Waals surface area contributed by atoms with Gasteiger partial charge in [-0.1, -0.05) is 0 Å². The van der Waals surface area contributed by atoms with E-state index in [4.69, 9.17) is 9.47 Å². The van der Waals surface area contributed by atoms with Gasteiger partial charge in [0.15, 0.2) is 11.5 Å². The lowest BCUT2D eigenvalue weighted by molar-refractivity contribution is -0.0706. The minimum Gasteiger partial charge on any atom is -0.493 e. The summed E-state index contributed by atoms with van der Waals surface area (Å²) in [7, 11) is 7.25. The number of likely N-dealkylation sites (N-methyl/N-ethyl adjacent to an activating group) is 1. The van der Waals surface area contributed by atoms with Crippen molar-refractivity contribution in [2.75, 3.05) is 34.9 Å². The van der Waals surface area contributed by atoms with E-state index in [0.29, 0.717) is 24.4 Å².